The van der Waals surface area contributed by atoms with Crippen molar-refractivity contribution in [2.75, 3.05) is 18.5 Å². The third-order valence-electron chi connectivity index (χ3n) is 3.43. The molecule has 1 aromatic rings. The van der Waals surface area contributed by atoms with Crippen LogP contribution in [-0.2, 0) is 9.53 Å². The molecule has 1 aliphatic rings. The van der Waals surface area contributed by atoms with Gasteiger partial charge in [0.15, 0.2) is 0 Å². The highest BCUT2D eigenvalue weighted by molar-refractivity contribution is 9.11. The Morgan fingerprint density at radius 1 is 1.43 bits per heavy atom. The van der Waals surface area contributed by atoms with Crippen molar-refractivity contribution >= 4 is 49.5 Å². The Hall–Kier alpha value is -1.12. The van der Waals surface area contributed by atoms with Crippen LogP contribution in [0.1, 0.15) is 6.92 Å². The molecule has 1 heterocycles. The molecular formula is C13H14Br2N2O4. The van der Waals surface area contributed by atoms with Crippen LogP contribution in [-0.4, -0.2) is 36.4 Å². The van der Waals surface area contributed by atoms with Crippen molar-refractivity contribution in [3.63, 3.8) is 0 Å². The molecule has 0 spiro atoms. The van der Waals surface area contributed by atoms with Crippen LogP contribution >= 0.6 is 31.9 Å². The van der Waals surface area contributed by atoms with E-state index >= 15 is 0 Å². The summed E-state index contributed by atoms with van der Waals surface area (Å²) in [5.41, 5.74) is -0.538. The van der Waals surface area contributed by atoms with Crippen molar-refractivity contribution < 1.29 is 19.4 Å². The van der Waals surface area contributed by atoms with Crippen LogP contribution in [0.2, 0.25) is 0 Å². The summed E-state index contributed by atoms with van der Waals surface area (Å²) in [4.78, 5) is 23.3. The van der Waals surface area contributed by atoms with Crippen LogP contribution in [0.4, 0.5) is 10.5 Å². The first-order valence-electron chi connectivity index (χ1n) is 6.16. The van der Waals surface area contributed by atoms with Crippen molar-refractivity contribution in [1.29, 1.82) is 0 Å². The fraction of sp³-hybridized carbons (Fsp3) is 0.385. The minimum absolute atomic E-state index is 0.0772. The second kappa shape index (κ2) is 6.33. The SMILES string of the molecule is CC1(C(=O)O)COCC1NC(=O)Nc1cc(Br)ccc1Br. The highest BCUT2D eigenvalue weighted by Crippen LogP contribution is 2.29. The molecule has 3 N–H and O–H groups in total. The molecule has 1 aliphatic heterocycles. The highest BCUT2D eigenvalue weighted by atomic mass is 79.9. The number of carboxylic acids is 1. The van der Waals surface area contributed by atoms with Gasteiger partial charge in [0, 0.05) is 8.95 Å². The summed E-state index contributed by atoms with van der Waals surface area (Å²) in [6, 6.07) is 4.31. The number of ether oxygens (including phenoxy) is 1. The molecule has 1 saturated heterocycles. The number of carboxylic acid groups (broad SMARTS) is 1. The Labute approximate surface area is 138 Å². The van der Waals surface area contributed by atoms with Gasteiger partial charge in [-0.1, -0.05) is 15.9 Å². The number of hydrogen-bond acceptors (Lipinski definition) is 3. The van der Waals surface area contributed by atoms with E-state index in [1.807, 2.05) is 6.07 Å². The molecule has 114 valence electrons. The first-order chi connectivity index (χ1) is 9.83. The van der Waals surface area contributed by atoms with Crippen molar-refractivity contribution in [2.45, 2.75) is 13.0 Å². The zero-order valence-corrected chi connectivity index (χ0v) is 14.3. The Kier molecular flexibility index (Phi) is 4.90. The molecule has 1 fully saturated rings. The summed E-state index contributed by atoms with van der Waals surface area (Å²) < 4.78 is 6.73. The zero-order chi connectivity index (χ0) is 15.6. The molecule has 2 unspecified atom stereocenters. The summed E-state index contributed by atoms with van der Waals surface area (Å²) >= 11 is 6.66. The number of carbonyl (C=O) groups excluding carboxylic acids is 1. The quantitative estimate of drug-likeness (QED) is 0.700. The van der Waals surface area contributed by atoms with E-state index in [9.17, 15) is 14.7 Å². The Bertz CT molecular complexity index is 581. The van der Waals surface area contributed by atoms with Crippen LogP contribution in [0.15, 0.2) is 27.1 Å². The first kappa shape index (κ1) is 16.3. The number of nitrogens with one attached hydrogen (secondary N) is 2. The molecule has 2 amide bonds. The van der Waals surface area contributed by atoms with Crippen LogP contribution < -0.4 is 10.6 Å². The van der Waals surface area contributed by atoms with E-state index in [0.29, 0.717) is 5.69 Å². The fourth-order valence-corrected chi connectivity index (χ4v) is 2.70. The molecular weight excluding hydrogens is 408 g/mol. The maximum atomic E-state index is 12.0. The molecule has 0 radical (unpaired) electrons. The average Bonchev–Trinajstić information content (AvgIpc) is 2.77. The Balaban J connectivity index is 2.05. The average molecular weight is 422 g/mol. The number of carbonyl (C=O) groups is 2. The largest absolute Gasteiger partial charge is 0.481 e. The molecule has 1 aromatic carbocycles. The van der Waals surface area contributed by atoms with Gasteiger partial charge in [-0.05, 0) is 41.1 Å². The molecule has 0 aromatic heterocycles. The topological polar surface area (TPSA) is 87.7 Å². The standard InChI is InChI=1S/C13H14Br2N2O4/c1-13(11(18)19)6-21-5-10(13)17-12(20)16-9-4-7(14)2-3-8(9)15/h2-4,10H,5-6H2,1H3,(H,18,19)(H2,16,17,20). The van der Waals surface area contributed by atoms with Crippen LogP contribution in [0.5, 0.6) is 0 Å². The molecule has 0 saturated carbocycles. The number of benzene rings is 1. The van der Waals surface area contributed by atoms with Gasteiger partial charge >= 0.3 is 12.0 Å². The van der Waals surface area contributed by atoms with Gasteiger partial charge in [0.05, 0.1) is 24.9 Å². The molecule has 0 bridgehead atoms. The van der Waals surface area contributed by atoms with Crippen LogP contribution in [0.3, 0.4) is 0 Å². The summed E-state index contributed by atoms with van der Waals surface area (Å²) in [7, 11) is 0. The summed E-state index contributed by atoms with van der Waals surface area (Å²) in [6.45, 7) is 1.81. The number of amides is 2. The normalized spacial score (nSPS) is 24.6. The number of aliphatic carboxylic acids is 1. The summed E-state index contributed by atoms with van der Waals surface area (Å²) in [5.74, 6) is -0.992. The lowest BCUT2D eigenvalue weighted by Crippen LogP contribution is -2.50. The Morgan fingerprint density at radius 3 is 2.81 bits per heavy atom. The monoisotopic (exact) mass is 420 g/mol. The van der Waals surface area contributed by atoms with Gasteiger partial charge in [-0.15, -0.1) is 0 Å². The first-order valence-corrected chi connectivity index (χ1v) is 7.75. The van der Waals surface area contributed by atoms with Crippen molar-refractivity contribution in [2.24, 2.45) is 5.41 Å². The van der Waals surface area contributed by atoms with E-state index in [-0.39, 0.29) is 13.2 Å². The molecule has 2 rings (SSSR count). The van der Waals surface area contributed by atoms with Crippen molar-refractivity contribution in [3.05, 3.63) is 27.1 Å². The number of rotatable bonds is 3. The van der Waals surface area contributed by atoms with Gasteiger partial charge in [-0.25, -0.2) is 4.79 Å². The van der Waals surface area contributed by atoms with Crippen molar-refractivity contribution in [3.8, 4) is 0 Å². The second-order valence-electron chi connectivity index (χ2n) is 5.01. The van der Waals surface area contributed by atoms with E-state index in [1.165, 1.54) is 0 Å². The van der Waals surface area contributed by atoms with E-state index in [4.69, 9.17) is 4.74 Å². The third-order valence-corrected chi connectivity index (χ3v) is 4.61. The summed E-state index contributed by atoms with van der Waals surface area (Å²) in [6.07, 6.45) is 0. The molecule has 8 heteroatoms. The smallest absolute Gasteiger partial charge is 0.319 e. The molecule has 6 nitrogen and oxygen atoms in total. The number of urea groups is 1. The van der Waals surface area contributed by atoms with Gasteiger partial charge in [0.25, 0.3) is 0 Å². The van der Waals surface area contributed by atoms with Crippen LogP contribution in [0.25, 0.3) is 0 Å². The lowest BCUT2D eigenvalue weighted by Gasteiger charge is -2.25. The number of hydrogen-bond donors (Lipinski definition) is 3. The molecule has 2 atom stereocenters. The second-order valence-corrected chi connectivity index (χ2v) is 6.78. The van der Waals surface area contributed by atoms with Crippen molar-refractivity contribution in [1.82, 2.24) is 5.32 Å². The van der Waals surface area contributed by atoms with Gasteiger partial charge in [-0.2, -0.15) is 0 Å². The number of halogens is 2. The van der Waals surface area contributed by atoms with Gasteiger partial charge < -0.3 is 20.5 Å². The molecule has 0 aliphatic carbocycles. The van der Waals surface area contributed by atoms with Crippen LogP contribution in [0, 0.1) is 5.41 Å². The minimum Gasteiger partial charge on any atom is -0.481 e. The van der Waals surface area contributed by atoms with Gasteiger partial charge in [0.1, 0.15) is 5.41 Å². The van der Waals surface area contributed by atoms with Gasteiger partial charge in [-0.3, -0.25) is 4.79 Å². The van der Waals surface area contributed by atoms with E-state index in [0.717, 1.165) is 8.95 Å². The zero-order valence-electron chi connectivity index (χ0n) is 11.2. The third kappa shape index (κ3) is 3.56. The lowest BCUT2D eigenvalue weighted by molar-refractivity contribution is -0.148. The minimum atomic E-state index is -1.12. The lowest BCUT2D eigenvalue weighted by atomic mass is 9.85. The Morgan fingerprint density at radius 2 is 2.14 bits per heavy atom. The molecule has 21 heavy (non-hydrogen) atoms. The summed E-state index contributed by atoms with van der Waals surface area (Å²) in [5, 5.41) is 14.6. The number of anilines is 1. The maximum Gasteiger partial charge on any atom is 0.319 e. The predicted octanol–water partition coefficient (Wildman–Crippen LogP) is 2.82. The fourth-order valence-electron chi connectivity index (χ4n) is 1.99. The van der Waals surface area contributed by atoms with Gasteiger partial charge in [0.2, 0.25) is 0 Å². The van der Waals surface area contributed by atoms with E-state index < -0.39 is 23.5 Å². The maximum absolute atomic E-state index is 12.0. The van der Waals surface area contributed by atoms with E-state index in [2.05, 4.69) is 42.5 Å². The predicted molar refractivity (Wildman–Crippen MR) is 84.3 cm³/mol. The highest BCUT2D eigenvalue weighted by Gasteiger charge is 2.47. The van der Waals surface area contributed by atoms with E-state index in [1.54, 1.807) is 19.1 Å².